The largest absolute Gasteiger partial charge is 0.472 e. The molecule has 2 aliphatic heterocycles. The first-order chi connectivity index (χ1) is 14.6. The third kappa shape index (κ3) is 3.24. The number of carbonyl (C=O) groups excluding carboxylic acids is 2. The predicted molar refractivity (Wildman–Crippen MR) is 107 cm³/mol. The van der Waals surface area contributed by atoms with Gasteiger partial charge in [-0.25, -0.2) is 9.78 Å². The molecule has 0 radical (unpaired) electrons. The molecule has 3 heterocycles. The van der Waals surface area contributed by atoms with Crippen molar-refractivity contribution < 1.29 is 23.2 Å². The lowest BCUT2D eigenvalue weighted by Crippen LogP contribution is -2.26. The van der Waals surface area contributed by atoms with Gasteiger partial charge in [-0.2, -0.15) is 0 Å². The van der Waals surface area contributed by atoms with Gasteiger partial charge in [0.15, 0.2) is 6.10 Å². The van der Waals surface area contributed by atoms with Crippen LogP contribution in [-0.2, 0) is 22.4 Å². The SMILES string of the molecule is Cc1oc(-c2ccccc2)nc1Cc1cc2coccc-2c1CC1OC(=O)NC1=O. The molecule has 0 bridgehead atoms. The molecule has 0 saturated carbocycles. The van der Waals surface area contributed by atoms with Crippen molar-refractivity contribution in [2.45, 2.75) is 25.9 Å². The molecule has 1 aliphatic carbocycles. The van der Waals surface area contributed by atoms with Gasteiger partial charge in [0.2, 0.25) is 5.89 Å². The van der Waals surface area contributed by atoms with Gasteiger partial charge in [0.25, 0.3) is 5.91 Å². The molecule has 7 heteroatoms. The Bertz CT molecular complexity index is 1210. The number of fused-ring (bicyclic) bond motifs is 1. The van der Waals surface area contributed by atoms with Crippen molar-refractivity contribution in [3.05, 3.63) is 77.6 Å². The summed E-state index contributed by atoms with van der Waals surface area (Å²) in [6.45, 7) is 1.89. The number of rotatable bonds is 5. The van der Waals surface area contributed by atoms with E-state index in [1.54, 1.807) is 12.5 Å². The first-order valence-electron chi connectivity index (χ1n) is 9.58. The van der Waals surface area contributed by atoms with E-state index >= 15 is 0 Å². The topological polar surface area (TPSA) is 94.6 Å². The molecule has 3 aliphatic rings. The second-order valence-corrected chi connectivity index (χ2v) is 7.23. The van der Waals surface area contributed by atoms with Crippen LogP contribution in [0.3, 0.4) is 0 Å². The maximum Gasteiger partial charge on any atom is 0.414 e. The third-order valence-electron chi connectivity index (χ3n) is 5.29. The van der Waals surface area contributed by atoms with Crippen LogP contribution < -0.4 is 5.32 Å². The van der Waals surface area contributed by atoms with Crippen molar-refractivity contribution in [1.82, 2.24) is 10.3 Å². The minimum Gasteiger partial charge on any atom is -0.472 e. The summed E-state index contributed by atoms with van der Waals surface area (Å²) in [6, 6.07) is 13.6. The number of aryl methyl sites for hydroxylation is 1. The Hall–Kier alpha value is -3.87. The zero-order chi connectivity index (χ0) is 20.7. The van der Waals surface area contributed by atoms with Crippen molar-refractivity contribution >= 4 is 12.0 Å². The summed E-state index contributed by atoms with van der Waals surface area (Å²) in [5, 5.41) is 2.18. The van der Waals surface area contributed by atoms with Crippen molar-refractivity contribution in [3.8, 4) is 22.6 Å². The smallest absolute Gasteiger partial charge is 0.414 e. The lowest BCUT2D eigenvalue weighted by molar-refractivity contribution is -0.123. The molecule has 2 amide bonds. The fraction of sp³-hybridized carbons (Fsp3) is 0.174. The fourth-order valence-electron chi connectivity index (χ4n) is 3.80. The number of hydrogen-bond acceptors (Lipinski definition) is 6. The summed E-state index contributed by atoms with van der Waals surface area (Å²) >= 11 is 0. The normalized spacial score (nSPS) is 16.1. The number of amides is 2. The molecule has 5 rings (SSSR count). The molecule has 150 valence electrons. The minimum atomic E-state index is -0.850. The van der Waals surface area contributed by atoms with Gasteiger partial charge in [0, 0.05) is 24.0 Å². The number of imide groups is 1. The highest BCUT2D eigenvalue weighted by atomic mass is 16.6. The highest BCUT2D eigenvalue weighted by Crippen LogP contribution is 2.35. The molecule has 1 fully saturated rings. The summed E-state index contributed by atoms with van der Waals surface area (Å²) in [5.74, 6) is 0.879. The second-order valence-electron chi connectivity index (χ2n) is 7.23. The molecular formula is C23H18N2O5. The van der Waals surface area contributed by atoms with E-state index in [2.05, 4.69) is 5.32 Å². The van der Waals surface area contributed by atoms with Gasteiger partial charge in [-0.15, -0.1) is 0 Å². The Balaban J connectivity index is 1.50. The monoisotopic (exact) mass is 402 g/mol. The van der Waals surface area contributed by atoms with Crippen LogP contribution in [0.1, 0.15) is 22.6 Å². The summed E-state index contributed by atoms with van der Waals surface area (Å²) in [5.41, 5.74) is 5.51. The standard InChI is InChI=1S/C23H18N2O5/c1-13-19(24-22(29-13)14-5-3-2-4-6-14)10-15-9-16-12-28-8-7-17(16)18(15)11-20-21(26)25-23(27)30-20/h2-9,12,20H,10-11H2,1H3,(H,25,26,27). The Labute approximate surface area is 172 Å². The Morgan fingerprint density at radius 1 is 1.10 bits per heavy atom. The fourth-order valence-corrected chi connectivity index (χ4v) is 3.80. The maximum atomic E-state index is 12.0. The maximum absolute atomic E-state index is 12.0. The van der Waals surface area contributed by atoms with Crippen LogP contribution in [0.2, 0.25) is 0 Å². The van der Waals surface area contributed by atoms with Gasteiger partial charge in [-0.1, -0.05) is 18.2 Å². The summed E-state index contributed by atoms with van der Waals surface area (Å²) < 4.78 is 16.3. The average Bonchev–Trinajstić information content (AvgIpc) is 3.39. The number of ether oxygens (including phenoxy) is 1. The van der Waals surface area contributed by atoms with E-state index in [1.165, 1.54) is 0 Å². The molecule has 1 saturated heterocycles. The highest BCUT2D eigenvalue weighted by molar-refractivity contribution is 6.00. The van der Waals surface area contributed by atoms with Gasteiger partial charge < -0.3 is 13.6 Å². The van der Waals surface area contributed by atoms with Crippen LogP contribution in [0.5, 0.6) is 0 Å². The van der Waals surface area contributed by atoms with Gasteiger partial charge in [-0.05, 0) is 47.9 Å². The van der Waals surface area contributed by atoms with E-state index in [4.69, 9.17) is 18.6 Å². The highest BCUT2D eigenvalue weighted by Gasteiger charge is 2.34. The Morgan fingerprint density at radius 2 is 1.93 bits per heavy atom. The van der Waals surface area contributed by atoms with Crippen LogP contribution in [0.4, 0.5) is 4.79 Å². The van der Waals surface area contributed by atoms with Crippen molar-refractivity contribution in [3.63, 3.8) is 0 Å². The number of nitrogens with one attached hydrogen (secondary N) is 1. The number of oxazole rings is 1. The number of cyclic esters (lactones) is 1. The van der Waals surface area contributed by atoms with Crippen molar-refractivity contribution in [1.29, 1.82) is 0 Å². The third-order valence-corrected chi connectivity index (χ3v) is 5.29. The van der Waals surface area contributed by atoms with Gasteiger partial charge >= 0.3 is 6.09 Å². The molecule has 30 heavy (non-hydrogen) atoms. The summed E-state index contributed by atoms with van der Waals surface area (Å²) in [7, 11) is 0. The van der Waals surface area contributed by atoms with Gasteiger partial charge in [0.05, 0.1) is 18.2 Å². The Morgan fingerprint density at radius 3 is 2.70 bits per heavy atom. The van der Waals surface area contributed by atoms with Crippen LogP contribution in [0, 0.1) is 6.92 Å². The number of nitrogens with zero attached hydrogens (tertiary/aromatic N) is 1. The predicted octanol–water partition coefficient (Wildman–Crippen LogP) is 4.12. The lowest BCUT2D eigenvalue weighted by atomic mass is 9.99. The summed E-state index contributed by atoms with van der Waals surface area (Å²) in [6.07, 6.45) is 2.49. The molecule has 1 aromatic carbocycles. The van der Waals surface area contributed by atoms with Gasteiger partial charge in [-0.3, -0.25) is 10.1 Å². The molecule has 1 N–H and O–H groups in total. The lowest BCUT2D eigenvalue weighted by Gasteiger charge is -2.10. The Kier molecular flexibility index (Phi) is 4.35. The number of hydrogen-bond donors (Lipinski definition) is 1. The first-order valence-corrected chi connectivity index (χ1v) is 9.58. The zero-order valence-electron chi connectivity index (χ0n) is 16.2. The summed E-state index contributed by atoms with van der Waals surface area (Å²) in [4.78, 5) is 28.1. The molecule has 7 nitrogen and oxygen atoms in total. The molecule has 1 atom stereocenters. The first kappa shape index (κ1) is 18.2. The van der Waals surface area contributed by atoms with E-state index in [-0.39, 0.29) is 6.42 Å². The van der Waals surface area contributed by atoms with E-state index in [9.17, 15) is 9.59 Å². The number of alkyl carbamates (subject to hydrolysis) is 1. The minimum absolute atomic E-state index is 0.281. The van der Waals surface area contributed by atoms with Crippen molar-refractivity contribution in [2.24, 2.45) is 0 Å². The van der Waals surface area contributed by atoms with E-state index < -0.39 is 18.1 Å². The number of aromatic nitrogens is 1. The molecule has 1 aromatic heterocycles. The molecular weight excluding hydrogens is 384 g/mol. The molecule has 2 aromatic rings. The molecule has 0 spiro atoms. The molecule has 1 unspecified atom stereocenters. The van der Waals surface area contributed by atoms with Crippen molar-refractivity contribution in [2.75, 3.05) is 0 Å². The van der Waals surface area contributed by atoms with E-state index in [0.717, 1.165) is 39.3 Å². The number of benzene rings is 1. The van der Waals surface area contributed by atoms with Crippen LogP contribution in [0.15, 0.2) is 63.8 Å². The van der Waals surface area contributed by atoms with E-state index in [0.29, 0.717) is 12.3 Å². The van der Waals surface area contributed by atoms with Crippen LogP contribution >= 0.6 is 0 Å². The quantitative estimate of drug-likeness (QED) is 0.540. The number of carbonyl (C=O) groups is 2. The van der Waals surface area contributed by atoms with Gasteiger partial charge in [0.1, 0.15) is 5.76 Å². The van der Waals surface area contributed by atoms with Crippen LogP contribution in [0.25, 0.3) is 22.6 Å². The zero-order valence-corrected chi connectivity index (χ0v) is 16.2. The average molecular weight is 402 g/mol. The second kappa shape index (κ2) is 7.18. The van der Waals surface area contributed by atoms with E-state index in [1.807, 2.05) is 49.4 Å². The van der Waals surface area contributed by atoms with Crippen LogP contribution in [-0.4, -0.2) is 23.1 Å².